The molecule has 1 atom stereocenters. The minimum absolute atomic E-state index is 0.0302. The molecule has 1 aromatic rings. The molecule has 0 fully saturated rings. The Morgan fingerprint density at radius 1 is 1.35 bits per heavy atom. The Morgan fingerprint density at radius 3 is 2.53 bits per heavy atom. The lowest BCUT2D eigenvalue weighted by Gasteiger charge is -2.15. The predicted molar refractivity (Wildman–Crippen MR) is 61.6 cm³/mol. The molecular formula is C11H14N2O4. The molecule has 1 rings (SSSR count). The van der Waals surface area contributed by atoms with Crippen LogP contribution in [0, 0.1) is 0 Å². The second kappa shape index (κ2) is 5.74. The van der Waals surface area contributed by atoms with Crippen LogP contribution in [0.1, 0.15) is 12.8 Å². The normalized spacial score (nSPS) is 11.8. The number of rotatable bonds is 6. The summed E-state index contributed by atoms with van der Waals surface area (Å²) < 4.78 is 0. The fourth-order valence-electron chi connectivity index (χ4n) is 1.33. The van der Waals surface area contributed by atoms with Gasteiger partial charge < -0.3 is 21.3 Å². The summed E-state index contributed by atoms with van der Waals surface area (Å²) in [5.74, 6) is -1.71. The molecule has 17 heavy (non-hydrogen) atoms. The van der Waals surface area contributed by atoms with Crippen LogP contribution in [0.4, 0.5) is 5.69 Å². The van der Waals surface area contributed by atoms with Crippen LogP contribution in [0.15, 0.2) is 24.3 Å². The third-order valence-electron chi connectivity index (χ3n) is 2.21. The molecule has 0 aromatic heterocycles. The first kappa shape index (κ1) is 12.8. The molecule has 0 heterocycles. The van der Waals surface area contributed by atoms with Crippen molar-refractivity contribution < 1.29 is 19.8 Å². The van der Waals surface area contributed by atoms with Crippen LogP contribution in [-0.2, 0) is 9.59 Å². The number of carbonyl (C=O) groups is 2. The van der Waals surface area contributed by atoms with Crippen molar-refractivity contribution in [3.05, 3.63) is 24.3 Å². The van der Waals surface area contributed by atoms with E-state index in [4.69, 9.17) is 10.8 Å². The van der Waals surface area contributed by atoms with Crippen molar-refractivity contribution in [3.8, 4) is 5.75 Å². The predicted octanol–water partition coefficient (Wildman–Crippen LogP) is 0.523. The summed E-state index contributed by atoms with van der Waals surface area (Å²) >= 11 is 0. The number of nitrogens with one attached hydrogen (secondary N) is 1. The number of primary amides is 1. The van der Waals surface area contributed by atoms with Gasteiger partial charge >= 0.3 is 5.97 Å². The standard InChI is InChI=1S/C11H14N2O4/c12-10(15)6-5-8(11(16)17)13-7-3-1-2-4-9(7)14/h1-4,8,13-14H,5-6H2,(H2,12,15)(H,16,17)/t8-/m0/s1. The number of aromatic hydroxyl groups is 1. The fourth-order valence-corrected chi connectivity index (χ4v) is 1.33. The number of amides is 1. The highest BCUT2D eigenvalue weighted by atomic mass is 16.4. The summed E-state index contributed by atoms with van der Waals surface area (Å²) in [7, 11) is 0. The molecule has 0 radical (unpaired) electrons. The summed E-state index contributed by atoms with van der Waals surface area (Å²) in [5, 5.41) is 21.1. The largest absolute Gasteiger partial charge is 0.506 e. The Kier molecular flexibility index (Phi) is 4.33. The highest BCUT2D eigenvalue weighted by Gasteiger charge is 2.18. The molecule has 0 spiro atoms. The Bertz CT molecular complexity index is 420. The van der Waals surface area contributed by atoms with Gasteiger partial charge in [0.05, 0.1) is 5.69 Å². The number of phenols is 1. The molecule has 0 aliphatic carbocycles. The van der Waals surface area contributed by atoms with Crippen molar-refractivity contribution in [2.45, 2.75) is 18.9 Å². The van der Waals surface area contributed by atoms with Gasteiger partial charge in [0.2, 0.25) is 5.91 Å². The Hall–Kier alpha value is -2.24. The maximum absolute atomic E-state index is 10.9. The zero-order valence-electron chi connectivity index (χ0n) is 9.09. The van der Waals surface area contributed by atoms with Gasteiger partial charge in [-0.2, -0.15) is 0 Å². The number of carbonyl (C=O) groups excluding carboxylic acids is 1. The second-order valence-electron chi connectivity index (χ2n) is 3.56. The highest BCUT2D eigenvalue weighted by Crippen LogP contribution is 2.23. The average molecular weight is 238 g/mol. The van der Waals surface area contributed by atoms with Crippen LogP contribution in [0.2, 0.25) is 0 Å². The van der Waals surface area contributed by atoms with E-state index < -0.39 is 17.9 Å². The monoisotopic (exact) mass is 238 g/mol. The van der Waals surface area contributed by atoms with E-state index in [1.54, 1.807) is 18.2 Å². The molecule has 6 heteroatoms. The summed E-state index contributed by atoms with van der Waals surface area (Å²) in [5.41, 5.74) is 5.26. The maximum Gasteiger partial charge on any atom is 0.326 e. The van der Waals surface area contributed by atoms with E-state index in [1.165, 1.54) is 6.07 Å². The van der Waals surface area contributed by atoms with Gasteiger partial charge in [0, 0.05) is 6.42 Å². The summed E-state index contributed by atoms with van der Waals surface area (Å²) in [4.78, 5) is 21.5. The third kappa shape index (κ3) is 4.02. The van der Waals surface area contributed by atoms with Gasteiger partial charge in [-0.1, -0.05) is 12.1 Å². The topological polar surface area (TPSA) is 113 Å². The fraction of sp³-hybridized carbons (Fsp3) is 0.273. The lowest BCUT2D eigenvalue weighted by Crippen LogP contribution is -2.30. The lowest BCUT2D eigenvalue weighted by atomic mass is 10.1. The molecule has 1 aromatic carbocycles. The first-order chi connectivity index (χ1) is 8.00. The van der Waals surface area contributed by atoms with E-state index in [2.05, 4.69) is 5.32 Å². The van der Waals surface area contributed by atoms with Crippen LogP contribution in [0.25, 0.3) is 0 Å². The van der Waals surface area contributed by atoms with Gasteiger partial charge in [-0.15, -0.1) is 0 Å². The molecule has 0 saturated heterocycles. The van der Waals surface area contributed by atoms with E-state index in [-0.39, 0.29) is 18.6 Å². The zero-order valence-corrected chi connectivity index (χ0v) is 9.09. The molecule has 0 bridgehead atoms. The highest BCUT2D eigenvalue weighted by molar-refractivity contribution is 5.80. The van der Waals surface area contributed by atoms with Crippen LogP contribution in [0.3, 0.4) is 0 Å². The Labute approximate surface area is 98.1 Å². The van der Waals surface area contributed by atoms with Gasteiger partial charge in [0.1, 0.15) is 11.8 Å². The first-order valence-corrected chi connectivity index (χ1v) is 5.06. The number of phenolic OH excluding ortho intramolecular Hbond substituents is 1. The number of benzene rings is 1. The zero-order chi connectivity index (χ0) is 12.8. The second-order valence-corrected chi connectivity index (χ2v) is 3.56. The Balaban J connectivity index is 2.70. The number of nitrogens with two attached hydrogens (primary N) is 1. The molecule has 6 nitrogen and oxygen atoms in total. The molecule has 0 aliphatic rings. The summed E-state index contributed by atoms with van der Waals surface area (Å²) in [6, 6.07) is 5.32. The molecule has 0 unspecified atom stereocenters. The van der Waals surface area contributed by atoms with Gasteiger partial charge in [-0.25, -0.2) is 4.79 Å². The number of carboxylic acids is 1. The molecule has 5 N–H and O–H groups in total. The van der Waals surface area contributed by atoms with Crippen molar-refractivity contribution in [3.63, 3.8) is 0 Å². The van der Waals surface area contributed by atoms with Gasteiger partial charge in [0.15, 0.2) is 0 Å². The number of anilines is 1. The number of hydrogen-bond acceptors (Lipinski definition) is 4. The molecule has 0 aliphatic heterocycles. The average Bonchev–Trinajstić information content (AvgIpc) is 2.25. The lowest BCUT2D eigenvalue weighted by molar-refractivity contribution is -0.138. The van der Waals surface area contributed by atoms with Crippen LogP contribution in [0.5, 0.6) is 5.75 Å². The van der Waals surface area contributed by atoms with Crippen molar-refractivity contribution in [1.29, 1.82) is 0 Å². The smallest absolute Gasteiger partial charge is 0.326 e. The summed E-state index contributed by atoms with van der Waals surface area (Å²) in [6.07, 6.45) is 0.0383. The van der Waals surface area contributed by atoms with E-state index in [0.29, 0.717) is 5.69 Å². The molecule has 1 amide bonds. The quantitative estimate of drug-likeness (QED) is 0.540. The van der Waals surface area contributed by atoms with E-state index in [1.807, 2.05) is 0 Å². The molecule has 92 valence electrons. The number of para-hydroxylation sites is 2. The van der Waals surface area contributed by atoms with Gasteiger partial charge in [0.25, 0.3) is 0 Å². The van der Waals surface area contributed by atoms with E-state index >= 15 is 0 Å². The van der Waals surface area contributed by atoms with Crippen LogP contribution >= 0.6 is 0 Å². The maximum atomic E-state index is 10.9. The SMILES string of the molecule is NC(=O)CC[C@H](Nc1ccccc1O)C(=O)O. The Morgan fingerprint density at radius 2 is 2.00 bits per heavy atom. The van der Waals surface area contributed by atoms with Gasteiger partial charge in [-0.3, -0.25) is 4.79 Å². The summed E-state index contributed by atoms with van der Waals surface area (Å²) in [6.45, 7) is 0. The van der Waals surface area contributed by atoms with Crippen molar-refractivity contribution in [2.75, 3.05) is 5.32 Å². The van der Waals surface area contributed by atoms with Crippen molar-refractivity contribution in [2.24, 2.45) is 5.73 Å². The van der Waals surface area contributed by atoms with Crippen molar-refractivity contribution >= 4 is 17.6 Å². The molecular weight excluding hydrogens is 224 g/mol. The minimum Gasteiger partial charge on any atom is -0.506 e. The first-order valence-electron chi connectivity index (χ1n) is 5.06. The third-order valence-corrected chi connectivity index (χ3v) is 2.21. The van der Waals surface area contributed by atoms with Crippen LogP contribution in [-0.4, -0.2) is 28.1 Å². The minimum atomic E-state index is -1.10. The number of carboxylic acid groups (broad SMARTS) is 1. The van der Waals surface area contributed by atoms with Crippen molar-refractivity contribution in [1.82, 2.24) is 0 Å². The number of hydrogen-bond donors (Lipinski definition) is 4. The van der Waals surface area contributed by atoms with E-state index in [0.717, 1.165) is 0 Å². The van der Waals surface area contributed by atoms with Gasteiger partial charge in [-0.05, 0) is 18.6 Å². The number of aliphatic carboxylic acids is 1. The van der Waals surface area contributed by atoms with Crippen LogP contribution < -0.4 is 11.1 Å². The van der Waals surface area contributed by atoms with E-state index in [9.17, 15) is 14.7 Å². The molecule has 0 saturated carbocycles.